The van der Waals surface area contributed by atoms with Crippen molar-refractivity contribution in [2.75, 3.05) is 13.7 Å². The van der Waals surface area contributed by atoms with E-state index in [1.807, 2.05) is 6.92 Å². The molecule has 0 aromatic carbocycles. The molecule has 3 nitrogen and oxygen atoms in total. The minimum atomic E-state index is -4.52. The second kappa shape index (κ2) is 8.81. The number of fused-ring (bicyclic) bond motifs is 5. The lowest BCUT2D eigenvalue weighted by atomic mass is 9.46. The summed E-state index contributed by atoms with van der Waals surface area (Å²) in [6.07, 6.45) is 3.96. The Morgan fingerprint density at radius 3 is 2.48 bits per heavy atom. The number of allylic oxidation sites excluding steroid dienone is 1. The van der Waals surface area contributed by atoms with E-state index in [9.17, 15) is 23.4 Å². The molecule has 4 rings (SSSR count). The van der Waals surface area contributed by atoms with Crippen molar-refractivity contribution in [1.82, 2.24) is 0 Å². The number of hydrogen-bond donors (Lipinski definition) is 2. The van der Waals surface area contributed by atoms with Gasteiger partial charge in [-0.15, -0.1) is 0 Å². The molecule has 0 aliphatic heterocycles. The first-order valence-corrected chi connectivity index (χ1v) is 13.0. The van der Waals surface area contributed by atoms with Crippen molar-refractivity contribution in [3.8, 4) is 0 Å². The van der Waals surface area contributed by atoms with Gasteiger partial charge in [-0.05, 0) is 106 Å². The second-order valence-electron chi connectivity index (χ2n) is 12.4. The first kappa shape index (κ1) is 25.5. The second-order valence-corrected chi connectivity index (χ2v) is 12.4. The van der Waals surface area contributed by atoms with Gasteiger partial charge in [0, 0.05) is 12.5 Å². The van der Waals surface area contributed by atoms with Gasteiger partial charge in [-0.3, -0.25) is 0 Å². The summed E-state index contributed by atoms with van der Waals surface area (Å²) in [6.45, 7) is 7.17. The van der Waals surface area contributed by atoms with E-state index in [1.54, 1.807) is 7.11 Å². The topological polar surface area (TPSA) is 49.7 Å². The summed E-state index contributed by atoms with van der Waals surface area (Å²) in [5.74, 6) is 2.34. The molecule has 4 aliphatic carbocycles. The van der Waals surface area contributed by atoms with Crippen molar-refractivity contribution >= 4 is 0 Å². The Kier molecular flexibility index (Phi) is 6.81. The molecule has 0 aromatic heterocycles. The van der Waals surface area contributed by atoms with Crippen LogP contribution in [0.15, 0.2) is 11.6 Å². The fourth-order valence-corrected chi connectivity index (χ4v) is 8.90. The van der Waals surface area contributed by atoms with E-state index >= 15 is 0 Å². The molecule has 3 fully saturated rings. The highest BCUT2D eigenvalue weighted by atomic mass is 19.4. The van der Waals surface area contributed by atoms with Crippen molar-refractivity contribution in [3.63, 3.8) is 0 Å². The van der Waals surface area contributed by atoms with Crippen LogP contribution in [-0.2, 0) is 4.74 Å². The third kappa shape index (κ3) is 4.42. The zero-order valence-electron chi connectivity index (χ0n) is 20.8. The Labute approximate surface area is 197 Å². The van der Waals surface area contributed by atoms with Crippen molar-refractivity contribution < 1.29 is 28.1 Å². The largest absolute Gasteiger partial charge is 0.414 e. The van der Waals surface area contributed by atoms with Gasteiger partial charge in [0.15, 0.2) is 0 Å². The Hall–Kier alpha value is -0.590. The fraction of sp³-hybridized carbons (Fsp3) is 0.926. The number of halogens is 3. The summed E-state index contributed by atoms with van der Waals surface area (Å²) in [6, 6.07) is 0. The van der Waals surface area contributed by atoms with Gasteiger partial charge >= 0.3 is 6.18 Å². The highest BCUT2D eigenvalue weighted by Gasteiger charge is 2.61. The summed E-state index contributed by atoms with van der Waals surface area (Å²) in [4.78, 5) is 0. The number of aliphatic hydroxyl groups excluding tert-OH is 1. The monoisotopic (exact) mass is 472 g/mol. The Balaban J connectivity index is 1.52. The molecule has 0 amide bonds. The van der Waals surface area contributed by atoms with Crippen LogP contribution in [0.1, 0.15) is 85.0 Å². The summed E-state index contributed by atoms with van der Waals surface area (Å²) in [5, 5.41) is 20.2. The third-order valence-corrected chi connectivity index (χ3v) is 10.5. The number of rotatable bonds is 6. The maximum absolute atomic E-state index is 12.8. The van der Waals surface area contributed by atoms with Crippen LogP contribution in [0.4, 0.5) is 13.2 Å². The Morgan fingerprint density at radius 1 is 1.09 bits per heavy atom. The molecule has 3 saturated carbocycles. The van der Waals surface area contributed by atoms with Gasteiger partial charge in [0.05, 0.1) is 12.2 Å². The summed E-state index contributed by atoms with van der Waals surface area (Å²) < 4.78 is 44.2. The van der Waals surface area contributed by atoms with Gasteiger partial charge in [0.1, 0.15) is 6.10 Å². The molecular formula is C27H43F3O3. The summed E-state index contributed by atoms with van der Waals surface area (Å²) in [7, 11) is 1.79. The van der Waals surface area contributed by atoms with E-state index < -0.39 is 17.9 Å². The van der Waals surface area contributed by atoms with E-state index in [0.29, 0.717) is 36.7 Å². The molecule has 0 bridgehead atoms. The van der Waals surface area contributed by atoms with Gasteiger partial charge in [-0.25, -0.2) is 0 Å². The minimum absolute atomic E-state index is 0.0295. The molecule has 4 unspecified atom stereocenters. The molecular weight excluding hydrogens is 429 g/mol. The number of ether oxygens (including phenoxy) is 1. The molecule has 0 aromatic rings. The van der Waals surface area contributed by atoms with Crippen LogP contribution in [0.2, 0.25) is 0 Å². The SMILES string of the molecule is COC[C@]12CC[C@](C)(O)CC1=CC[C@@H]1C2CC[C@@]2(C)C1CCC2[C@H](C)CCC(O)C(F)(F)F. The first-order chi connectivity index (χ1) is 15.3. The van der Waals surface area contributed by atoms with Crippen molar-refractivity contribution in [2.24, 2.45) is 40.4 Å². The van der Waals surface area contributed by atoms with Gasteiger partial charge < -0.3 is 14.9 Å². The quantitative estimate of drug-likeness (QED) is 0.447. The van der Waals surface area contributed by atoms with E-state index in [2.05, 4.69) is 19.9 Å². The van der Waals surface area contributed by atoms with E-state index in [1.165, 1.54) is 5.57 Å². The van der Waals surface area contributed by atoms with Gasteiger partial charge in [0.2, 0.25) is 0 Å². The van der Waals surface area contributed by atoms with Gasteiger partial charge in [-0.1, -0.05) is 25.5 Å². The van der Waals surface area contributed by atoms with E-state index in [-0.39, 0.29) is 23.2 Å². The van der Waals surface area contributed by atoms with Crippen molar-refractivity contribution in [1.29, 1.82) is 0 Å². The van der Waals surface area contributed by atoms with Crippen LogP contribution in [0, 0.1) is 40.4 Å². The van der Waals surface area contributed by atoms with Crippen LogP contribution in [0.25, 0.3) is 0 Å². The maximum atomic E-state index is 12.8. The van der Waals surface area contributed by atoms with Crippen molar-refractivity contribution in [2.45, 2.75) is 103 Å². The highest BCUT2D eigenvalue weighted by Crippen LogP contribution is 2.68. The molecule has 0 spiro atoms. The van der Waals surface area contributed by atoms with Gasteiger partial charge in [0.25, 0.3) is 0 Å². The predicted molar refractivity (Wildman–Crippen MR) is 122 cm³/mol. The van der Waals surface area contributed by atoms with Crippen LogP contribution < -0.4 is 0 Å². The third-order valence-electron chi connectivity index (χ3n) is 10.5. The molecule has 6 heteroatoms. The molecule has 0 saturated heterocycles. The lowest BCUT2D eigenvalue weighted by Gasteiger charge is -2.60. The van der Waals surface area contributed by atoms with Crippen LogP contribution in [0.5, 0.6) is 0 Å². The number of hydrogen-bond acceptors (Lipinski definition) is 3. The predicted octanol–water partition coefficient (Wildman–Crippen LogP) is 6.28. The smallest absolute Gasteiger partial charge is 0.390 e. The molecule has 4 aliphatic rings. The molecule has 9 atom stereocenters. The maximum Gasteiger partial charge on any atom is 0.414 e. The van der Waals surface area contributed by atoms with E-state index in [4.69, 9.17) is 4.74 Å². The lowest BCUT2D eigenvalue weighted by Crippen LogP contribution is -2.54. The molecule has 0 heterocycles. The Bertz CT molecular complexity index is 747. The van der Waals surface area contributed by atoms with E-state index in [0.717, 1.165) is 51.4 Å². The molecule has 2 N–H and O–H groups in total. The summed E-state index contributed by atoms with van der Waals surface area (Å²) >= 11 is 0. The average Bonchev–Trinajstić information content (AvgIpc) is 3.08. The lowest BCUT2D eigenvalue weighted by molar-refractivity contribution is -0.206. The van der Waals surface area contributed by atoms with Crippen molar-refractivity contribution in [3.05, 3.63) is 11.6 Å². The average molecular weight is 473 g/mol. The number of aliphatic hydroxyl groups is 2. The first-order valence-electron chi connectivity index (χ1n) is 13.0. The zero-order valence-corrected chi connectivity index (χ0v) is 20.8. The van der Waals surface area contributed by atoms with Gasteiger partial charge in [-0.2, -0.15) is 13.2 Å². The number of methoxy groups -OCH3 is 1. The minimum Gasteiger partial charge on any atom is -0.390 e. The summed E-state index contributed by atoms with van der Waals surface area (Å²) in [5.41, 5.74) is 0.953. The standard InChI is InChI=1S/C27H43F3O3/c1-17(5-10-23(31)27(28,29)30)20-8-9-21-19-7-6-18-15-24(2,32)13-14-26(18,16-33-4)22(19)11-12-25(20,21)3/h6,17,19-23,31-32H,5,7-16H2,1-4H3/t17-,19+,20?,21?,22?,23?,24+,25-,26-/m1/s1. The number of alkyl halides is 3. The molecule has 190 valence electrons. The molecule has 0 radical (unpaired) electrons. The van der Waals surface area contributed by atoms with Crippen LogP contribution >= 0.6 is 0 Å². The highest BCUT2D eigenvalue weighted by molar-refractivity contribution is 5.28. The van der Waals surface area contributed by atoms with Crippen LogP contribution in [0.3, 0.4) is 0 Å². The zero-order chi connectivity index (χ0) is 24.2. The normalized spacial score (nSPS) is 44.9. The fourth-order valence-electron chi connectivity index (χ4n) is 8.90. The Morgan fingerprint density at radius 2 is 1.82 bits per heavy atom. The van der Waals surface area contributed by atoms with Crippen LogP contribution in [-0.4, -0.2) is 41.8 Å². The molecule has 33 heavy (non-hydrogen) atoms.